The van der Waals surface area contributed by atoms with Crippen LogP contribution in [0.4, 0.5) is 0 Å². The first-order valence-electron chi connectivity index (χ1n) is 3.46. The predicted octanol–water partition coefficient (Wildman–Crippen LogP) is -0.668. The molecule has 0 spiro atoms. The standard InChI is InChI=1S/C7H14O4/c1-5(9)7(11-2)6(10)3-4-8/h4-7,9-10H,3H2,1-2H3/t5-,6+,7-/m1/s1. The van der Waals surface area contributed by atoms with Crippen molar-refractivity contribution in [2.24, 2.45) is 0 Å². The number of ether oxygens (including phenoxy) is 1. The molecular weight excluding hydrogens is 148 g/mol. The first kappa shape index (κ1) is 10.6. The van der Waals surface area contributed by atoms with E-state index >= 15 is 0 Å². The summed E-state index contributed by atoms with van der Waals surface area (Å²) in [6.07, 6.45) is -1.78. The van der Waals surface area contributed by atoms with Gasteiger partial charge in [0.25, 0.3) is 0 Å². The third kappa shape index (κ3) is 3.46. The van der Waals surface area contributed by atoms with Gasteiger partial charge in [-0.05, 0) is 6.92 Å². The zero-order valence-corrected chi connectivity index (χ0v) is 6.73. The van der Waals surface area contributed by atoms with Gasteiger partial charge in [-0.1, -0.05) is 0 Å². The Kier molecular flexibility index (Phi) is 5.02. The number of hydrogen-bond donors (Lipinski definition) is 2. The van der Waals surface area contributed by atoms with E-state index < -0.39 is 18.3 Å². The molecule has 4 nitrogen and oxygen atoms in total. The van der Waals surface area contributed by atoms with Crippen LogP contribution in [0.15, 0.2) is 0 Å². The molecule has 4 heteroatoms. The maximum absolute atomic E-state index is 9.96. The van der Waals surface area contributed by atoms with E-state index in [0.717, 1.165) is 0 Å². The summed E-state index contributed by atoms with van der Waals surface area (Å²) in [6.45, 7) is 1.50. The van der Waals surface area contributed by atoms with Gasteiger partial charge in [0.05, 0.1) is 12.2 Å². The summed E-state index contributed by atoms with van der Waals surface area (Å²) in [5.41, 5.74) is 0. The third-order valence-electron chi connectivity index (χ3n) is 1.46. The summed E-state index contributed by atoms with van der Waals surface area (Å²) in [5.74, 6) is 0. The molecule has 2 N–H and O–H groups in total. The van der Waals surface area contributed by atoms with Crippen LogP contribution in [0.25, 0.3) is 0 Å². The van der Waals surface area contributed by atoms with Crippen LogP contribution < -0.4 is 0 Å². The molecule has 0 saturated carbocycles. The molecule has 0 aliphatic carbocycles. The van der Waals surface area contributed by atoms with Crippen molar-refractivity contribution in [2.45, 2.75) is 31.7 Å². The molecule has 3 atom stereocenters. The highest BCUT2D eigenvalue weighted by atomic mass is 16.5. The van der Waals surface area contributed by atoms with Crippen LogP contribution >= 0.6 is 0 Å². The van der Waals surface area contributed by atoms with E-state index in [9.17, 15) is 4.79 Å². The molecule has 0 fully saturated rings. The summed E-state index contributed by atoms with van der Waals surface area (Å²) in [7, 11) is 1.38. The van der Waals surface area contributed by atoms with E-state index in [2.05, 4.69) is 0 Å². The number of aldehydes is 1. The van der Waals surface area contributed by atoms with Crippen molar-refractivity contribution in [1.29, 1.82) is 0 Å². The van der Waals surface area contributed by atoms with Crippen molar-refractivity contribution >= 4 is 6.29 Å². The molecule has 0 aliphatic heterocycles. The van der Waals surface area contributed by atoms with Crippen molar-refractivity contribution in [3.8, 4) is 0 Å². The van der Waals surface area contributed by atoms with Crippen molar-refractivity contribution in [3.05, 3.63) is 0 Å². The molecule has 0 radical (unpaired) electrons. The second-order valence-electron chi connectivity index (χ2n) is 2.41. The van der Waals surface area contributed by atoms with Gasteiger partial charge in [0.1, 0.15) is 12.4 Å². The molecule has 0 aliphatic rings. The molecule has 0 unspecified atom stereocenters. The number of rotatable bonds is 5. The molecule has 0 heterocycles. The van der Waals surface area contributed by atoms with Gasteiger partial charge in [-0.3, -0.25) is 0 Å². The lowest BCUT2D eigenvalue weighted by Gasteiger charge is -2.22. The fourth-order valence-electron chi connectivity index (χ4n) is 0.908. The Morgan fingerprint density at radius 3 is 2.36 bits per heavy atom. The second-order valence-corrected chi connectivity index (χ2v) is 2.41. The van der Waals surface area contributed by atoms with Crippen molar-refractivity contribution in [1.82, 2.24) is 0 Å². The zero-order chi connectivity index (χ0) is 8.85. The Morgan fingerprint density at radius 1 is 1.55 bits per heavy atom. The molecule has 0 amide bonds. The number of aliphatic hydroxyl groups is 2. The highest BCUT2D eigenvalue weighted by molar-refractivity contribution is 5.50. The smallest absolute Gasteiger partial charge is 0.122 e. The minimum atomic E-state index is -0.919. The highest BCUT2D eigenvalue weighted by Crippen LogP contribution is 2.05. The van der Waals surface area contributed by atoms with Crippen molar-refractivity contribution in [3.63, 3.8) is 0 Å². The predicted molar refractivity (Wildman–Crippen MR) is 39.2 cm³/mol. The minimum absolute atomic E-state index is 0.0105. The molecule has 0 aromatic heterocycles. The Balaban J connectivity index is 3.90. The van der Waals surface area contributed by atoms with E-state index in [-0.39, 0.29) is 6.42 Å². The molecule has 0 rings (SSSR count). The maximum atomic E-state index is 9.96. The van der Waals surface area contributed by atoms with Crippen LogP contribution in [0, 0.1) is 0 Å². The zero-order valence-electron chi connectivity index (χ0n) is 6.73. The summed E-state index contributed by atoms with van der Waals surface area (Å²) < 4.78 is 4.77. The van der Waals surface area contributed by atoms with E-state index in [0.29, 0.717) is 6.29 Å². The van der Waals surface area contributed by atoms with E-state index in [1.54, 1.807) is 0 Å². The highest BCUT2D eigenvalue weighted by Gasteiger charge is 2.22. The van der Waals surface area contributed by atoms with Crippen LogP contribution in [0.1, 0.15) is 13.3 Å². The topological polar surface area (TPSA) is 66.8 Å². The first-order valence-corrected chi connectivity index (χ1v) is 3.46. The number of carbonyl (C=O) groups excluding carboxylic acids is 1. The second kappa shape index (κ2) is 5.23. The fourth-order valence-corrected chi connectivity index (χ4v) is 0.908. The number of hydrogen-bond acceptors (Lipinski definition) is 4. The van der Waals surface area contributed by atoms with Crippen LogP contribution in [-0.2, 0) is 9.53 Å². The molecule has 0 aromatic rings. The van der Waals surface area contributed by atoms with Gasteiger partial charge in [0.15, 0.2) is 0 Å². The quantitative estimate of drug-likeness (QED) is 0.526. The van der Waals surface area contributed by atoms with Crippen LogP contribution in [0.3, 0.4) is 0 Å². The Morgan fingerprint density at radius 2 is 2.09 bits per heavy atom. The molecule has 66 valence electrons. The van der Waals surface area contributed by atoms with Crippen LogP contribution in [0.5, 0.6) is 0 Å². The van der Waals surface area contributed by atoms with E-state index in [1.165, 1.54) is 14.0 Å². The van der Waals surface area contributed by atoms with Gasteiger partial charge in [-0.2, -0.15) is 0 Å². The Hall–Kier alpha value is -0.450. The Labute approximate surface area is 65.8 Å². The molecule has 11 heavy (non-hydrogen) atoms. The van der Waals surface area contributed by atoms with E-state index in [4.69, 9.17) is 14.9 Å². The van der Waals surface area contributed by atoms with Gasteiger partial charge in [0, 0.05) is 13.5 Å². The lowest BCUT2D eigenvalue weighted by molar-refractivity contribution is -0.115. The lowest BCUT2D eigenvalue weighted by Crippen LogP contribution is -2.37. The average Bonchev–Trinajstić information content (AvgIpc) is 1.88. The van der Waals surface area contributed by atoms with E-state index in [1.807, 2.05) is 0 Å². The SMILES string of the molecule is CO[C@H]([C@@H](C)O)[C@@H](O)CC=O. The molecule has 0 bridgehead atoms. The number of methoxy groups -OCH3 is 1. The first-order chi connectivity index (χ1) is 5.13. The summed E-state index contributed by atoms with van der Waals surface area (Å²) in [5, 5.41) is 18.2. The molecule has 0 saturated heterocycles. The van der Waals surface area contributed by atoms with Gasteiger partial charge in [0.2, 0.25) is 0 Å². The van der Waals surface area contributed by atoms with Crippen molar-refractivity contribution < 1.29 is 19.7 Å². The van der Waals surface area contributed by atoms with Crippen LogP contribution in [0.2, 0.25) is 0 Å². The summed E-state index contributed by atoms with van der Waals surface area (Å²) in [4.78, 5) is 9.96. The normalized spacial score (nSPS) is 18.9. The summed E-state index contributed by atoms with van der Waals surface area (Å²) >= 11 is 0. The molecular formula is C7H14O4. The number of carbonyl (C=O) groups is 1. The van der Waals surface area contributed by atoms with Crippen LogP contribution in [-0.4, -0.2) is 41.9 Å². The maximum Gasteiger partial charge on any atom is 0.122 e. The largest absolute Gasteiger partial charge is 0.391 e. The lowest BCUT2D eigenvalue weighted by atomic mass is 10.1. The molecule has 0 aromatic carbocycles. The van der Waals surface area contributed by atoms with Gasteiger partial charge in [-0.15, -0.1) is 0 Å². The minimum Gasteiger partial charge on any atom is -0.391 e. The monoisotopic (exact) mass is 162 g/mol. The number of aliphatic hydroxyl groups excluding tert-OH is 2. The van der Waals surface area contributed by atoms with Gasteiger partial charge in [-0.25, -0.2) is 0 Å². The fraction of sp³-hybridized carbons (Fsp3) is 0.857. The summed E-state index contributed by atoms with van der Waals surface area (Å²) in [6, 6.07) is 0. The van der Waals surface area contributed by atoms with Gasteiger partial charge < -0.3 is 19.7 Å². The van der Waals surface area contributed by atoms with Crippen molar-refractivity contribution in [2.75, 3.05) is 7.11 Å². The third-order valence-corrected chi connectivity index (χ3v) is 1.46. The Bertz CT molecular complexity index is 113. The van der Waals surface area contributed by atoms with Gasteiger partial charge >= 0.3 is 0 Å². The average molecular weight is 162 g/mol.